The van der Waals surface area contributed by atoms with Gasteiger partial charge in [-0.25, -0.2) is 4.98 Å². The average Bonchev–Trinajstić information content (AvgIpc) is 3.22. The highest BCUT2D eigenvalue weighted by Crippen LogP contribution is 2.28. The van der Waals surface area contributed by atoms with Gasteiger partial charge in [-0.1, -0.05) is 42.5 Å². The van der Waals surface area contributed by atoms with Gasteiger partial charge in [0.05, 0.1) is 10.2 Å². The summed E-state index contributed by atoms with van der Waals surface area (Å²) in [5.74, 6) is -0.0494. The molecule has 0 saturated carbocycles. The summed E-state index contributed by atoms with van der Waals surface area (Å²) < 4.78 is 6.60. The monoisotopic (exact) mass is 420 g/mol. The first-order chi connectivity index (χ1) is 14.6. The number of ether oxygens (including phenoxy) is 1. The molecule has 0 aliphatic carbocycles. The largest absolute Gasteiger partial charge is 0.489 e. The molecular formula is C23H20N2O4S. The number of hydrogen-bond donors (Lipinski definition) is 3. The molecule has 0 radical (unpaired) electrons. The van der Waals surface area contributed by atoms with Crippen molar-refractivity contribution in [1.29, 1.82) is 0 Å². The van der Waals surface area contributed by atoms with E-state index >= 15 is 0 Å². The first kappa shape index (κ1) is 20.0. The highest BCUT2D eigenvalue weighted by molar-refractivity contribution is 7.18. The Labute approximate surface area is 177 Å². The number of aliphatic hydroxyl groups excluding tert-OH is 2. The Hall–Kier alpha value is -3.26. The van der Waals surface area contributed by atoms with E-state index in [9.17, 15) is 15.0 Å². The van der Waals surface area contributed by atoms with Crippen molar-refractivity contribution in [3.63, 3.8) is 0 Å². The smallest absolute Gasteiger partial charge is 0.256 e. The lowest BCUT2D eigenvalue weighted by molar-refractivity contribution is -0.129. The lowest BCUT2D eigenvalue weighted by Gasteiger charge is -2.15. The van der Waals surface area contributed by atoms with Crippen LogP contribution in [0.15, 0.2) is 78.9 Å². The van der Waals surface area contributed by atoms with E-state index in [4.69, 9.17) is 4.74 Å². The van der Waals surface area contributed by atoms with Gasteiger partial charge in [-0.15, -0.1) is 11.3 Å². The van der Waals surface area contributed by atoms with E-state index in [0.29, 0.717) is 23.1 Å². The van der Waals surface area contributed by atoms with Crippen LogP contribution in [0.3, 0.4) is 0 Å². The number of carbonyl (C=O) groups excluding carboxylic acids is 1. The molecule has 0 bridgehead atoms. The summed E-state index contributed by atoms with van der Waals surface area (Å²) >= 11 is 1.25. The van der Waals surface area contributed by atoms with Crippen molar-refractivity contribution in [3.8, 4) is 5.75 Å². The minimum Gasteiger partial charge on any atom is -0.489 e. The molecule has 4 aromatic rings. The first-order valence-corrected chi connectivity index (χ1v) is 10.2. The van der Waals surface area contributed by atoms with Gasteiger partial charge in [-0.05, 0) is 42.0 Å². The zero-order valence-electron chi connectivity index (χ0n) is 15.9. The number of fused-ring (bicyclic) bond motifs is 1. The molecule has 6 nitrogen and oxygen atoms in total. The highest BCUT2D eigenvalue weighted by Gasteiger charge is 2.28. The predicted octanol–water partition coefficient (Wildman–Crippen LogP) is 3.91. The fraction of sp³-hybridized carbons (Fsp3) is 0.130. The van der Waals surface area contributed by atoms with Gasteiger partial charge in [0, 0.05) is 5.69 Å². The summed E-state index contributed by atoms with van der Waals surface area (Å²) in [6, 6.07) is 24.0. The van der Waals surface area contributed by atoms with E-state index in [1.165, 1.54) is 11.3 Å². The van der Waals surface area contributed by atoms with Gasteiger partial charge in [0.25, 0.3) is 5.91 Å². The topological polar surface area (TPSA) is 91.7 Å². The van der Waals surface area contributed by atoms with E-state index in [1.807, 2.05) is 54.6 Å². The van der Waals surface area contributed by atoms with Crippen LogP contribution in [0.4, 0.5) is 5.69 Å². The van der Waals surface area contributed by atoms with E-state index in [2.05, 4.69) is 10.3 Å². The fourth-order valence-electron chi connectivity index (χ4n) is 2.89. The van der Waals surface area contributed by atoms with Crippen molar-refractivity contribution in [2.24, 2.45) is 0 Å². The molecule has 7 heteroatoms. The first-order valence-electron chi connectivity index (χ1n) is 9.39. The molecule has 2 unspecified atom stereocenters. The molecule has 1 heterocycles. The SMILES string of the molecule is O=C(Nc1ccc(OCc2ccccc2)cc1)C(O)C(O)c1nc2ccccc2s1. The summed E-state index contributed by atoms with van der Waals surface area (Å²) in [4.78, 5) is 16.7. The van der Waals surface area contributed by atoms with Crippen molar-refractivity contribution in [2.75, 3.05) is 5.32 Å². The van der Waals surface area contributed by atoms with Crippen LogP contribution in [-0.4, -0.2) is 27.2 Å². The summed E-state index contributed by atoms with van der Waals surface area (Å²) in [6.45, 7) is 0.444. The number of nitrogens with zero attached hydrogens (tertiary/aromatic N) is 1. The lowest BCUT2D eigenvalue weighted by atomic mass is 10.2. The van der Waals surface area contributed by atoms with Crippen molar-refractivity contribution in [2.45, 2.75) is 18.8 Å². The van der Waals surface area contributed by atoms with Crippen molar-refractivity contribution < 1.29 is 19.7 Å². The molecule has 1 amide bonds. The quantitative estimate of drug-likeness (QED) is 0.422. The Morgan fingerprint density at radius 3 is 2.40 bits per heavy atom. The third kappa shape index (κ3) is 4.65. The number of amides is 1. The molecule has 1 aromatic heterocycles. The Kier molecular flexibility index (Phi) is 6.04. The minimum absolute atomic E-state index is 0.295. The van der Waals surface area contributed by atoms with Gasteiger partial charge >= 0.3 is 0 Å². The van der Waals surface area contributed by atoms with Crippen molar-refractivity contribution in [1.82, 2.24) is 4.98 Å². The van der Waals surface area contributed by atoms with Gasteiger partial charge in [0.1, 0.15) is 23.5 Å². The van der Waals surface area contributed by atoms with Crippen LogP contribution in [0, 0.1) is 0 Å². The molecule has 30 heavy (non-hydrogen) atoms. The second kappa shape index (κ2) is 9.04. The maximum atomic E-state index is 12.4. The Bertz CT molecular complexity index is 1100. The second-order valence-electron chi connectivity index (χ2n) is 6.70. The summed E-state index contributed by atoms with van der Waals surface area (Å²) in [6.07, 6.45) is -3.05. The van der Waals surface area contributed by atoms with E-state index in [-0.39, 0.29) is 0 Å². The Morgan fingerprint density at radius 1 is 0.967 bits per heavy atom. The number of anilines is 1. The lowest BCUT2D eigenvalue weighted by Crippen LogP contribution is -2.33. The van der Waals surface area contributed by atoms with Crippen LogP contribution >= 0.6 is 11.3 Å². The van der Waals surface area contributed by atoms with Crippen molar-refractivity contribution in [3.05, 3.63) is 89.4 Å². The van der Waals surface area contributed by atoms with Gasteiger partial charge in [-0.2, -0.15) is 0 Å². The van der Waals surface area contributed by atoms with Gasteiger partial charge in [-0.3, -0.25) is 4.79 Å². The molecule has 0 saturated heterocycles. The molecule has 3 aromatic carbocycles. The number of benzene rings is 3. The van der Waals surface area contributed by atoms with Crippen LogP contribution in [0.5, 0.6) is 5.75 Å². The number of carbonyl (C=O) groups is 1. The number of aromatic nitrogens is 1. The zero-order chi connectivity index (χ0) is 20.9. The Balaban J connectivity index is 1.35. The number of aliphatic hydroxyl groups is 2. The average molecular weight is 420 g/mol. The van der Waals surface area contributed by atoms with Crippen LogP contribution in [0.1, 0.15) is 16.7 Å². The second-order valence-corrected chi connectivity index (χ2v) is 7.76. The number of hydrogen-bond acceptors (Lipinski definition) is 6. The Morgan fingerprint density at radius 2 is 1.67 bits per heavy atom. The van der Waals surface area contributed by atoms with E-state index < -0.39 is 18.1 Å². The minimum atomic E-state index is -1.64. The normalized spacial score (nSPS) is 13.0. The summed E-state index contributed by atoms with van der Waals surface area (Å²) in [5.41, 5.74) is 2.26. The van der Waals surface area contributed by atoms with Crippen LogP contribution in [0.2, 0.25) is 0 Å². The highest BCUT2D eigenvalue weighted by atomic mass is 32.1. The predicted molar refractivity (Wildman–Crippen MR) is 116 cm³/mol. The third-order valence-electron chi connectivity index (χ3n) is 4.50. The number of rotatable bonds is 7. The molecule has 3 N–H and O–H groups in total. The van der Waals surface area contributed by atoms with E-state index in [0.717, 1.165) is 15.8 Å². The van der Waals surface area contributed by atoms with E-state index in [1.54, 1.807) is 24.3 Å². The fourth-order valence-corrected chi connectivity index (χ4v) is 3.87. The van der Waals surface area contributed by atoms with Crippen molar-refractivity contribution >= 4 is 33.1 Å². The van der Waals surface area contributed by atoms with Gasteiger partial charge in [0.2, 0.25) is 0 Å². The van der Waals surface area contributed by atoms with Crippen LogP contribution < -0.4 is 10.1 Å². The van der Waals surface area contributed by atoms with Gasteiger partial charge < -0.3 is 20.3 Å². The molecule has 2 atom stereocenters. The maximum absolute atomic E-state index is 12.4. The maximum Gasteiger partial charge on any atom is 0.256 e. The molecule has 0 spiro atoms. The molecular weight excluding hydrogens is 400 g/mol. The molecule has 152 valence electrons. The molecule has 0 aliphatic rings. The third-order valence-corrected chi connectivity index (χ3v) is 5.61. The molecule has 0 fully saturated rings. The summed E-state index contributed by atoms with van der Waals surface area (Å²) in [7, 11) is 0. The molecule has 4 rings (SSSR count). The molecule has 0 aliphatic heterocycles. The van der Waals surface area contributed by atoms with Crippen LogP contribution in [0.25, 0.3) is 10.2 Å². The number of nitrogens with one attached hydrogen (secondary N) is 1. The zero-order valence-corrected chi connectivity index (χ0v) is 16.8. The standard InChI is InChI=1S/C23H20N2O4S/c26-20(21(27)23-25-18-8-4-5-9-19(18)30-23)22(28)24-16-10-12-17(13-11-16)29-14-15-6-2-1-3-7-15/h1-13,20-21,26-27H,14H2,(H,24,28). The van der Waals surface area contributed by atoms with Gasteiger partial charge in [0.15, 0.2) is 6.10 Å². The number of para-hydroxylation sites is 1. The summed E-state index contributed by atoms with van der Waals surface area (Å²) in [5, 5.41) is 23.5. The van der Waals surface area contributed by atoms with Crippen LogP contribution in [-0.2, 0) is 11.4 Å². The number of thiazole rings is 1.